The van der Waals surface area contributed by atoms with Crippen molar-refractivity contribution >= 4 is 28.2 Å². The highest BCUT2D eigenvalue weighted by atomic mass is 32.1. The van der Waals surface area contributed by atoms with Gasteiger partial charge in [-0.2, -0.15) is 0 Å². The van der Waals surface area contributed by atoms with Gasteiger partial charge in [0, 0.05) is 19.1 Å². The molecule has 110 valence electrons. The topological polar surface area (TPSA) is 71.2 Å². The Labute approximate surface area is 123 Å². The van der Waals surface area contributed by atoms with E-state index in [0.29, 0.717) is 22.7 Å². The van der Waals surface area contributed by atoms with Crippen LogP contribution in [0.25, 0.3) is 0 Å². The first-order valence-corrected chi connectivity index (χ1v) is 8.18. The van der Waals surface area contributed by atoms with Gasteiger partial charge in [-0.25, -0.2) is 4.98 Å². The van der Waals surface area contributed by atoms with Crippen LogP contribution in [0.5, 0.6) is 0 Å². The van der Waals surface area contributed by atoms with Crippen LogP contribution in [0.4, 0.5) is 10.9 Å². The largest absolute Gasteiger partial charge is 0.382 e. The number of nitrogen functional groups attached to an aromatic ring is 1. The minimum absolute atomic E-state index is 0.000981. The zero-order valence-corrected chi connectivity index (χ0v) is 12.9. The van der Waals surface area contributed by atoms with Gasteiger partial charge >= 0.3 is 0 Å². The SMILES string of the molecule is CC(C1CC1)N(C)C(=O)c1sc(NC2CCC2)nc1N. The molecule has 3 rings (SSSR count). The first-order chi connectivity index (χ1) is 9.56. The molecule has 0 radical (unpaired) electrons. The van der Waals surface area contributed by atoms with E-state index >= 15 is 0 Å². The van der Waals surface area contributed by atoms with E-state index in [0.717, 1.165) is 5.13 Å². The summed E-state index contributed by atoms with van der Waals surface area (Å²) in [5.41, 5.74) is 5.92. The normalized spacial score (nSPS) is 20.3. The van der Waals surface area contributed by atoms with Crippen LogP contribution in [0.1, 0.15) is 48.7 Å². The van der Waals surface area contributed by atoms with Crippen molar-refractivity contribution in [1.29, 1.82) is 0 Å². The lowest BCUT2D eigenvalue weighted by Crippen LogP contribution is -2.36. The highest BCUT2D eigenvalue weighted by Gasteiger charge is 2.34. The molecule has 2 saturated carbocycles. The number of nitrogens with one attached hydrogen (secondary N) is 1. The molecule has 1 amide bonds. The van der Waals surface area contributed by atoms with Gasteiger partial charge in [0.05, 0.1) is 0 Å². The van der Waals surface area contributed by atoms with Crippen molar-refractivity contribution in [2.45, 2.75) is 51.1 Å². The molecule has 1 aromatic heterocycles. The van der Waals surface area contributed by atoms with Gasteiger partial charge in [0.25, 0.3) is 5.91 Å². The van der Waals surface area contributed by atoms with Crippen LogP contribution < -0.4 is 11.1 Å². The van der Waals surface area contributed by atoms with E-state index in [1.54, 1.807) is 0 Å². The number of rotatable bonds is 5. The number of hydrogen-bond acceptors (Lipinski definition) is 5. The number of aromatic nitrogens is 1. The average molecular weight is 294 g/mol. The zero-order chi connectivity index (χ0) is 14.3. The predicted molar refractivity (Wildman–Crippen MR) is 82.1 cm³/mol. The van der Waals surface area contributed by atoms with Gasteiger partial charge < -0.3 is 16.0 Å². The molecule has 2 fully saturated rings. The van der Waals surface area contributed by atoms with Crippen molar-refractivity contribution in [3.8, 4) is 0 Å². The van der Waals surface area contributed by atoms with Crippen molar-refractivity contribution in [2.75, 3.05) is 18.1 Å². The van der Waals surface area contributed by atoms with E-state index in [1.807, 2.05) is 11.9 Å². The Morgan fingerprint density at radius 1 is 1.45 bits per heavy atom. The standard InChI is InChI=1S/C14H22N4OS/c1-8(9-6-7-9)18(2)13(19)11-12(15)17-14(20-11)16-10-4-3-5-10/h8-10H,3-7,15H2,1-2H3,(H,16,17). The van der Waals surface area contributed by atoms with Crippen LogP contribution in [-0.2, 0) is 0 Å². The van der Waals surface area contributed by atoms with Gasteiger partial charge in [0.2, 0.25) is 0 Å². The van der Waals surface area contributed by atoms with Gasteiger partial charge in [-0.05, 0) is 44.9 Å². The second-order valence-electron chi connectivity index (χ2n) is 6.00. The molecule has 1 heterocycles. The third kappa shape index (κ3) is 2.61. The van der Waals surface area contributed by atoms with Gasteiger partial charge in [-0.15, -0.1) is 0 Å². The summed E-state index contributed by atoms with van der Waals surface area (Å²) < 4.78 is 0. The van der Waals surface area contributed by atoms with Gasteiger partial charge in [0.1, 0.15) is 10.7 Å². The van der Waals surface area contributed by atoms with Crippen LogP contribution in [-0.4, -0.2) is 34.9 Å². The second-order valence-corrected chi connectivity index (χ2v) is 7.00. The molecule has 1 aromatic rings. The maximum absolute atomic E-state index is 12.5. The van der Waals surface area contributed by atoms with E-state index in [-0.39, 0.29) is 11.9 Å². The van der Waals surface area contributed by atoms with E-state index in [4.69, 9.17) is 5.73 Å². The Morgan fingerprint density at radius 3 is 2.70 bits per heavy atom. The number of anilines is 2. The zero-order valence-electron chi connectivity index (χ0n) is 12.1. The molecule has 5 nitrogen and oxygen atoms in total. The fourth-order valence-electron chi connectivity index (χ4n) is 2.51. The summed E-state index contributed by atoms with van der Waals surface area (Å²) in [5, 5.41) is 4.13. The Hall–Kier alpha value is -1.30. The summed E-state index contributed by atoms with van der Waals surface area (Å²) in [5.74, 6) is 1.02. The molecule has 0 saturated heterocycles. The predicted octanol–water partition coefficient (Wildman–Crippen LogP) is 2.56. The van der Waals surface area contributed by atoms with Gasteiger partial charge in [-0.3, -0.25) is 4.79 Å². The average Bonchev–Trinajstić information content (AvgIpc) is 3.15. The number of nitrogens with zero attached hydrogens (tertiary/aromatic N) is 2. The summed E-state index contributed by atoms with van der Waals surface area (Å²) in [7, 11) is 1.86. The minimum atomic E-state index is 0.000981. The third-order valence-corrected chi connectivity index (χ3v) is 5.51. The summed E-state index contributed by atoms with van der Waals surface area (Å²) in [6.07, 6.45) is 6.09. The fraction of sp³-hybridized carbons (Fsp3) is 0.714. The number of carbonyl (C=O) groups excluding carboxylic acids is 1. The molecule has 1 atom stereocenters. The van der Waals surface area contributed by atoms with Crippen LogP contribution in [0, 0.1) is 5.92 Å². The summed E-state index contributed by atoms with van der Waals surface area (Å²) in [4.78, 5) is 19.2. The Morgan fingerprint density at radius 2 is 2.15 bits per heavy atom. The van der Waals surface area contributed by atoms with Crippen LogP contribution in [0.3, 0.4) is 0 Å². The number of thiazole rings is 1. The molecule has 2 aliphatic rings. The molecular formula is C14H22N4OS. The molecule has 20 heavy (non-hydrogen) atoms. The number of nitrogens with two attached hydrogens (primary N) is 1. The number of hydrogen-bond donors (Lipinski definition) is 2. The Balaban J connectivity index is 1.69. The molecule has 0 aliphatic heterocycles. The molecule has 0 spiro atoms. The maximum Gasteiger partial charge on any atom is 0.267 e. The molecule has 3 N–H and O–H groups in total. The molecule has 6 heteroatoms. The van der Waals surface area contributed by atoms with E-state index in [1.165, 1.54) is 43.4 Å². The van der Waals surface area contributed by atoms with Crippen molar-refractivity contribution in [2.24, 2.45) is 5.92 Å². The van der Waals surface area contributed by atoms with Crippen LogP contribution >= 0.6 is 11.3 Å². The van der Waals surface area contributed by atoms with Crippen molar-refractivity contribution in [3.63, 3.8) is 0 Å². The number of amides is 1. The van der Waals surface area contributed by atoms with E-state index < -0.39 is 0 Å². The molecule has 1 unspecified atom stereocenters. The fourth-order valence-corrected chi connectivity index (χ4v) is 3.46. The van der Waals surface area contributed by atoms with E-state index in [2.05, 4.69) is 17.2 Å². The highest BCUT2D eigenvalue weighted by molar-refractivity contribution is 7.18. The van der Waals surface area contributed by atoms with Crippen LogP contribution in [0.15, 0.2) is 0 Å². The number of carbonyl (C=O) groups is 1. The van der Waals surface area contributed by atoms with Crippen LogP contribution in [0.2, 0.25) is 0 Å². The lowest BCUT2D eigenvalue weighted by atomic mass is 9.93. The maximum atomic E-state index is 12.5. The third-order valence-electron chi connectivity index (χ3n) is 4.52. The first-order valence-electron chi connectivity index (χ1n) is 7.36. The van der Waals surface area contributed by atoms with Gasteiger partial charge in [-0.1, -0.05) is 11.3 Å². The highest BCUT2D eigenvalue weighted by Crippen LogP contribution is 2.36. The lowest BCUT2D eigenvalue weighted by molar-refractivity contribution is 0.0733. The van der Waals surface area contributed by atoms with E-state index in [9.17, 15) is 4.79 Å². The quantitative estimate of drug-likeness (QED) is 0.875. The second kappa shape index (κ2) is 5.24. The smallest absolute Gasteiger partial charge is 0.267 e. The molecule has 0 aromatic carbocycles. The minimum Gasteiger partial charge on any atom is -0.382 e. The van der Waals surface area contributed by atoms with Gasteiger partial charge in [0.15, 0.2) is 5.13 Å². The van der Waals surface area contributed by atoms with Crippen molar-refractivity contribution in [3.05, 3.63) is 4.88 Å². The lowest BCUT2D eigenvalue weighted by Gasteiger charge is -2.26. The summed E-state index contributed by atoms with van der Waals surface area (Å²) in [6, 6.07) is 0.790. The Kier molecular flexibility index (Phi) is 3.58. The summed E-state index contributed by atoms with van der Waals surface area (Å²) in [6.45, 7) is 2.11. The molecule has 2 aliphatic carbocycles. The van der Waals surface area contributed by atoms with Crippen molar-refractivity contribution < 1.29 is 4.79 Å². The van der Waals surface area contributed by atoms with Crippen molar-refractivity contribution in [1.82, 2.24) is 9.88 Å². The Bertz CT molecular complexity index is 507. The monoisotopic (exact) mass is 294 g/mol. The molecule has 0 bridgehead atoms. The summed E-state index contributed by atoms with van der Waals surface area (Å²) >= 11 is 1.38. The molecular weight excluding hydrogens is 272 g/mol. The first kappa shape index (κ1) is 13.7.